The molecule has 0 amide bonds. The van der Waals surface area contributed by atoms with Crippen LogP contribution in [0, 0.1) is 5.92 Å². The lowest BCUT2D eigenvalue weighted by molar-refractivity contribution is 0.303. The molecule has 0 spiro atoms. The van der Waals surface area contributed by atoms with Gasteiger partial charge in [-0.25, -0.2) is 0 Å². The summed E-state index contributed by atoms with van der Waals surface area (Å²) in [6, 6.07) is 0.800. The first-order chi connectivity index (χ1) is 7.59. The Labute approximate surface area is 115 Å². The first kappa shape index (κ1) is 15.0. The lowest BCUT2D eigenvalue weighted by atomic mass is 9.85. The van der Waals surface area contributed by atoms with Crippen LogP contribution in [0.5, 0.6) is 0 Å². The van der Waals surface area contributed by atoms with Gasteiger partial charge in [-0.2, -0.15) is 0 Å². The van der Waals surface area contributed by atoms with Gasteiger partial charge in [-0.3, -0.25) is 0 Å². The van der Waals surface area contributed by atoms with Crippen molar-refractivity contribution in [3.8, 4) is 0 Å². The summed E-state index contributed by atoms with van der Waals surface area (Å²) in [7, 11) is 3.88. The Kier molecular flexibility index (Phi) is 7.64. The van der Waals surface area contributed by atoms with Crippen LogP contribution in [-0.4, -0.2) is 64.7 Å². The molecule has 1 N–H and O–H groups in total. The van der Waals surface area contributed by atoms with E-state index in [4.69, 9.17) is 0 Å². The van der Waals surface area contributed by atoms with Crippen LogP contribution in [0.25, 0.3) is 0 Å². The average molecular weight is 308 g/mol. The van der Waals surface area contributed by atoms with E-state index in [1.54, 1.807) is 0 Å². The Morgan fingerprint density at radius 1 is 1.19 bits per heavy atom. The van der Waals surface area contributed by atoms with E-state index in [9.17, 15) is 0 Å². The summed E-state index contributed by atoms with van der Waals surface area (Å²) in [4.78, 5) is 3.90. The fourth-order valence-electron chi connectivity index (χ4n) is 2.63. The van der Waals surface area contributed by atoms with Gasteiger partial charge in [-0.15, -0.1) is 0 Å². The van der Waals surface area contributed by atoms with Crippen LogP contribution in [0.2, 0.25) is 0 Å². The average Bonchev–Trinajstić information content (AvgIpc) is 2.26. The highest BCUT2D eigenvalue weighted by Gasteiger charge is 2.19. The van der Waals surface area contributed by atoms with Crippen LogP contribution in [0.3, 0.4) is 0 Å². The van der Waals surface area contributed by atoms with E-state index >= 15 is 0 Å². The second-order valence-corrected chi connectivity index (χ2v) is 22.1. The molecule has 16 heavy (non-hydrogen) atoms. The molecule has 1 aliphatic carbocycles. The molecule has 3 nitrogen and oxygen atoms in total. The smallest absolute Gasteiger partial charge is 0.157 e. The minimum Gasteiger partial charge on any atom is -0.377 e. The maximum atomic E-state index is 3.90. The molecule has 0 aromatic rings. The summed E-state index contributed by atoms with van der Waals surface area (Å²) in [5.74, 6) is 0.987. The third kappa shape index (κ3) is 6.05. The zero-order chi connectivity index (χ0) is 12.0. The Morgan fingerprint density at radius 2 is 1.81 bits per heavy atom. The minimum absolute atomic E-state index is 0.0502. The predicted octanol–water partition coefficient (Wildman–Crippen LogP) is -4.01. The Hall–Kier alpha value is 0.964. The topological polar surface area (TPSA) is 18.5 Å². The fourth-order valence-corrected chi connectivity index (χ4v) is 17.5. The van der Waals surface area contributed by atoms with Gasteiger partial charge < -0.3 is 12.8 Å². The van der Waals surface area contributed by atoms with Gasteiger partial charge in [0.1, 0.15) is 9.84 Å². The maximum Gasteiger partial charge on any atom is 0.157 e. The number of rotatable bonds is 6. The molecule has 8 heteroatoms. The largest absolute Gasteiger partial charge is 0.377 e. The van der Waals surface area contributed by atoms with Crippen LogP contribution in [0.1, 0.15) is 39.0 Å². The standard InChI is InChI=1S/C8H29N3Si5/c1-7(8-5-3-2-4-6-8)9-15-11(14)16-10(12)13/h7-9H,2-6,15-16H2,1,12-14H3. The Morgan fingerprint density at radius 3 is 2.38 bits per heavy atom. The van der Waals surface area contributed by atoms with E-state index in [-0.39, 0.29) is 19.7 Å². The fraction of sp³-hybridized carbons (Fsp3) is 1.00. The van der Waals surface area contributed by atoms with Gasteiger partial charge in [0.15, 0.2) is 9.84 Å². The van der Waals surface area contributed by atoms with E-state index in [0.29, 0.717) is 0 Å². The van der Waals surface area contributed by atoms with Crippen molar-refractivity contribution in [1.29, 1.82) is 0 Å². The molecule has 0 aromatic carbocycles. The number of hydrogen-bond acceptors (Lipinski definition) is 3. The molecule has 1 saturated carbocycles. The summed E-state index contributed by atoms with van der Waals surface area (Å²) in [5, 5.41) is 0. The zero-order valence-electron chi connectivity index (χ0n) is 11.5. The second kappa shape index (κ2) is 8.13. The predicted molar refractivity (Wildman–Crippen MR) is 89.8 cm³/mol. The molecule has 1 atom stereocenters. The molecular weight excluding hydrogens is 279 g/mol. The SMILES string of the molecule is CC(N[SiH2]N([SiH3])[SiH2]N([SiH3])[SiH3])C1CCCCC1. The van der Waals surface area contributed by atoms with Gasteiger partial charge in [0, 0.05) is 6.04 Å². The molecule has 0 bridgehead atoms. The summed E-state index contributed by atoms with van der Waals surface area (Å²) in [6.07, 6.45) is 7.40. The highest BCUT2D eigenvalue weighted by atomic mass is 28.4. The van der Waals surface area contributed by atoms with Crippen molar-refractivity contribution in [1.82, 2.24) is 12.8 Å². The van der Waals surface area contributed by atoms with Crippen LogP contribution in [-0.2, 0) is 0 Å². The number of nitrogens with zero attached hydrogens (tertiary/aromatic N) is 2. The summed E-state index contributed by atoms with van der Waals surface area (Å²) in [5.41, 5.74) is 0. The van der Waals surface area contributed by atoms with E-state index in [0.717, 1.165) is 12.0 Å². The summed E-state index contributed by atoms with van der Waals surface area (Å²) >= 11 is 0. The zero-order valence-corrected chi connectivity index (χ0v) is 20.3. The first-order valence-electron chi connectivity index (χ1n) is 6.66. The maximum absolute atomic E-state index is 3.90. The van der Waals surface area contributed by atoms with Crippen molar-refractivity contribution in [2.75, 3.05) is 0 Å². The molecule has 0 saturated heterocycles. The molecule has 96 valence electrons. The van der Waals surface area contributed by atoms with E-state index in [2.05, 4.69) is 19.7 Å². The van der Waals surface area contributed by atoms with E-state index < -0.39 is 0 Å². The van der Waals surface area contributed by atoms with E-state index in [1.165, 1.54) is 63.3 Å². The lowest BCUT2D eigenvalue weighted by Crippen LogP contribution is -2.49. The number of nitrogens with one attached hydrogen (secondary N) is 1. The normalized spacial score (nSPS) is 22.7. The van der Waals surface area contributed by atoms with Crippen molar-refractivity contribution in [2.24, 2.45) is 5.92 Å². The van der Waals surface area contributed by atoms with Crippen molar-refractivity contribution >= 4 is 50.9 Å². The Bertz CT molecular complexity index is 189. The molecule has 0 aliphatic heterocycles. The van der Waals surface area contributed by atoms with Crippen LogP contribution < -0.4 is 4.98 Å². The highest BCUT2D eigenvalue weighted by molar-refractivity contribution is 6.64. The molecule has 0 radical (unpaired) electrons. The van der Waals surface area contributed by atoms with Gasteiger partial charge >= 0.3 is 0 Å². The van der Waals surface area contributed by atoms with Crippen LogP contribution >= 0.6 is 0 Å². The van der Waals surface area contributed by atoms with Crippen molar-refractivity contribution in [3.05, 3.63) is 0 Å². The highest BCUT2D eigenvalue weighted by Crippen LogP contribution is 2.25. The third-order valence-corrected chi connectivity index (χ3v) is 10.7. The monoisotopic (exact) mass is 307 g/mol. The summed E-state index contributed by atoms with van der Waals surface area (Å²) < 4.78 is 5.49. The molecular formula is C8H29N3Si5. The second-order valence-electron chi connectivity index (χ2n) is 5.63. The third-order valence-electron chi connectivity index (χ3n) is 3.56. The van der Waals surface area contributed by atoms with Crippen LogP contribution in [0.15, 0.2) is 0 Å². The van der Waals surface area contributed by atoms with Gasteiger partial charge in [0.25, 0.3) is 0 Å². The summed E-state index contributed by atoms with van der Waals surface area (Å²) in [6.45, 7) is 2.43. The first-order valence-corrected chi connectivity index (χ1v) is 11.9. The number of hydrogen-bond donors (Lipinski definition) is 1. The molecule has 1 rings (SSSR count). The molecule has 1 aliphatic rings. The van der Waals surface area contributed by atoms with Gasteiger partial charge in [-0.1, -0.05) is 26.2 Å². The van der Waals surface area contributed by atoms with Gasteiger partial charge in [-0.05, 0) is 18.8 Å². The van der Waals surface area contributed by atoms with Crippen molar-refractivity contribution < 1.29 is 0 Å². The molecule has 1 unspecified atom stereocenters. The van der Waals surface area contributed by atoms with Crippen LogP contribution in [0.4, 0.5) is 0 Å². The van der Waals surface area contributed by atoms with Gasteiger partial charge in [0.05, 0.1) is 31.2 Å². The minimum atomic E-state index is -0.0900. The molecule has 1 fully saturated rings. The van der Waals surface area contributed by atoms with Crippen molar-refractivity contribution in [2.45, 2.75) is 45.1 Å². The van der Waals surface area contributed by atoms with Crippen molar-refractivity contribution in [3.63, 3.8) is 0 Å². The molecule has 0 aromatic heterocycles. The van der Waals surface area contributed by atoms with E-state index in [1.807, 2.05) is 0 Å². The molecule has 0 heterocycles. The quantitative estimate of drug-likeness (QED) is 0.505. The van der Waals surface area contributed by atoms with Gasteiger partial charge in [0.2, 0.25) is 0 Å². The Balaban J connectivity index is 2.15. The lowest BCUT2D eigenvalue weighted by Gasteiger charge is -2.30.